The summed E-state index contributed by atoms with van der Waals surface area (Å²) in [6.45, 7) is 0.657. The van der Waals surface area contributed by atoms with Crippen LogP contribution in [0.5, 0.6) is 0 Å². The molecule has 1 rings (SSSR count). The highest BCUT2D eigenvalue weighted by molar-refractivity contribution is 4.87. The van der Waals surface area contributed by atoms with Crippen molar-refractivity contribution in [3.05, 3.63) is 6.61 Å². The largest absolute Gasteiger partial charge is 0.393 e. The van der Waals surface area contributed by atoms with Crippen LogP contribution in [0.1, 0.15) is 6.42 Å². The molecule has 4 heteroatoms. The van der Waals surface area contributed by atoms with E-state index >= 15 is 0 Å². The van der Waals surface area contributed by atoms with Gasteiger partial charge in [-0.3, -0.25) is 0 Å². The molecule has 1 fully saturated rings. The van der Waals surface area contributed by atoms with Gasteiger partial charge in [0.1, 0.15) is 6.10 Å². The zero-order valence-electron chi connectivity index (χ0n) is 4.75. The van der Waals surface area contributed by atoms with Gasteiger partial charge in [-0.2, -0.15) is 0 Å². The maximum Gasteiger partial charge on any atom is 0.238 e. The molecule has 1 aliphatic heterocycles. The van der Waals surface area contributed by atoms with Gasteiger partial charge in [-0.05, 0) is 0 Å². The van der Waals surface area contributed by atoms with Gasteiger partial charge in [0.05, 0.1) is 13.2 Å². The Morgan fingerprint density at radius 1 is 1.89 bits per heavy atom. The summed E-state index contributed by atoms with van der Waals surface area (Å²) < 4.78 is 17.0. The van der Waals surface area contributed by atoms with Crippen LogP contribution in [0.15, 0.2) is 0 Å². The van der Waals surface area contributed by atoms with Crippen LogP contribution in [-0.4, -0.2) is 28.8 Å². The van der Waals surface area contributed by atoms with Crippen LogP contribution in [-0.2, 0) is 4.74 Å². The Hall–Kier alpha value is -0.190. The lowest BCUT2D eigenvalue weighted by atomic mass is 10.2. The van der Waals surface area contributed by atoms with E-state index in [4.69, 9.17) is 10.2 Å². The predicted molar refractivity (Wildman–Crippen MR) is 26.9 cm³/mol. The van der Waals surface area contributed by atoms with E-state index in [0.29, 0.717) is 0 Å². The summed E-state index contributed by atoms with van der Waals surface area (Å²) in [5, 5.41) is 17.0. The van der Waals surface area contributed by atoms with Crippen molar-refractivity contribution in [1.82, 2.24) is 0 Å². The van der Waals surface area contributed by atoms with Crippen LogP contribution in [0.3, 0.4) is 0 Å². The summed E-state index contributed by atoms with van der Waals surface area (Å²) in [5.74, 6) is -2.37. The van der Waals surface area contributed by atoms with E-state index in [1.54, 1.807) is 0 Å². The van der Waals surface area contributed by atoms with Crippen LogP contribution < -0.4 is 0 Å². The molecule has 0 amide bonds. The van der Waals surface area contributed by atoms with E-state index in [2.05, 4.69) is 4.74 Å². The Bertz CT molecular complexity index is 104. The molecular formula is C5H8FO3. The minimum absolute atomic E-state index is 0.168. The van der Waals surface area contributed by atoms with Gasteiger partial charge >= 0.3 is 0 Å². The summed E-state index contributed by atoms with van der Waals surface area (Å²) in [5.41, 5.74) is 0. The molecule has 1 radical (unpaired) electrons. The molecular weight excluding hydrogens is 127 g/mol. The lowest BCUT2D eigenvalue weighted by Crippen LogP contribution is -2.35. The van der Waals surface area contributed by atoms with E-state index < -0.39 is 18.6 Å². The minimum atomic E-state index is -2.37. The zero-order valence-corrected chi connectivity index (χ0v) is 4.75. The van der Waals surface area contributed by atoms with E-state index in [1.807, 2.05) is 0 Å². The van der Waals surface area contributed by atoms with E-state index in [9.17, 15) is 4.39 Å². The summed E-state index contributed by atoms with van der Waals surface area (Å²) in [6.07, 6.45) is -1.27. The Labute approximate surface area is 52.1 Å². The Kier molecular flexibility index (Phi) is 1.70. The Morgan fingerprint density at radius 3 is 2.78 bits per heavy atom. The molecule has 9 heavy (non-hydrogen) atoms. The summed E-state index contributed by atoms with van der Waals surface area (Å²) in [6, 6.07) is 0. The van der Waals surface area contributed by atoms with Crippen LogP contribution in [0.2, 0.25) is 0 Å². The van der Waals surface area contributed by atoms with E-state index in [-0.39, 0.29) is 6.42 Å². The average Bonchev–Trinajstić information content (AvgIpc) is 2.08. The summed E-state index contributed by atoms with van der Waals surface area (Å²) in [4.78, 5) is 0. The maximum atomic E-state index is 12.5. The number of hydrogen-bond donors (Lipinski definition) is 2. The van der Waals surface area contributed by atoms with Crippen LogP contribution in [0.25, 0.3) is 0 Å². The van der Waals surface area contributed by atoms with Crippen molar-refractivity contribution in [2.45, 2.75) is 18.4 Å². The first-order chi connectivity index (χ1) is 4.17. The molecule has 0 aliphatic carbocycles. The second kappa shape index (κ2) is 2.21. The molecule has 0 unspecified atom stereocenters. The van der Waals surface area contributed by atoms with Gasteiger partial charge in [0, 0.05) is 6.42 Å². The van der Waals surface area contributed by atoms with Crippen LogP contribution in [0, 0.1) is 6.61 Å². The number of hydrogen-bond acceptors (Lipinski definition) is 3. The third-order valence-corrected chi connectivity index (χ3v) is 1.29. The number of ether oxygens (including phenoxy) is 1. The smallest absolute Gasteiger partial charge is 0.238 e. The highest BCUT2D eigenvalue weighted by Gasteiger charge is 2.42. The van der Waals surface area contributed by atoms with E-state index in [0.717, 1.165) is 6.61 Å². The van der Waals surface area contributed by atoms with Crippen molar-refractivity contribution < 1.29 is 19.3 Å². The Morgan fingerprint density at radius 2 is 2.56 bits per heavy atom. The van der Waals surface area contributed by atoms with Gasteiger partial charge in [-0.1, -0.05) is 0 Å². The van der Waals surface area contributed by atoms with Crippen molar-refractivity contribution in [3.63, 3.8) is 0 Å². The van der Waals surface area contributed by atoms with Gasteiger partial charge < -0.3 is 14.9 Å². The first-order valence-electron chi connectivity index (χ1n) is 2.66. The standard InChI is InChI=1S/C5H8FO3/c6-5(8)1-2-9-4(5)3-7/h2,4,7-8H,1,3H2/t4-,5+/m1/s1. The van der Waals surface area contributed by atoms with Crippen LogP contribution in [0.4, 0.5) is 4.39 Å². The molecule has 0 aromatic carbocycles. The molecule has 1 aliphatic rings. The highest BCUT2D eigenvalue weighted by Crippen LogP contribution is 2.28. The zero-order chi connectivity index (χ0) is 6.91. The lowest BCUT2D eigenvalue weighted by molar-refractivity contribution is -0.144. The first-order valence-corrected chi connectivity index (χ1v) is 2.66. The monoisotopic (exact) mass is 135 g/mol. The van der Waals surface area contributed by atoms with Gasteiger partial charge in [0.2, 0.25) is 5.85 Å². The fourth-order valence-electron chi connectivity index (χ4n) is 0.700. The van der Waals surface area contributed by atoms with Gasteiger partial charge in [0.15, 0.2) is 0 Å². The fourth-order valence-corrected chi connectivity index (χ4v) is 0.700. The molecule has 0 saturated carbocycles. The number of rotatable bonds is 1. The number of alkyl halides is 1. The van der Waals surface area contributed by atoms with Crippen LogP contribution >= 0.6 is 0 Å². The lowest BCUT2D eigenvalue weighted by Gasteiger charge is -2.16. The molecule has 2 N–H and O–H groups in total. The minimum Gasteiger partial charge on any atom is -0.393 e. The molecule has 53 valence electrons. The normalized spacial score (nSPS) is 43.7. The topological polar surface area (TPSA) is 49.7 Å². The maximum absolute atomic E-state index is 12.5. The third-order valence-electron chi connectivity index (χ3n) is 1.29. The fraction of sp³-hybridized carbons (Fsp3) is 0.800. The van der Waals surface area contributed by atoms with Crippen molar-refractivity contribution in [2.24, 2.45) is 0 Å². The molecule has 0 aromatic rings. The second-order valence-electron chi connectivity index (χ2n) is 2.00. The third kappa shape index (κ3) is 1.20. The van der Waals surface area contributed by atoms with Gasteiger partial charge in [-0.25, -0.2) is 4.39 Å². The molecule has 1 saturated heterocycles. The molecule has 0 aromatic heterocycles. The first kappa shape index (κ1) is 6.92. The second-order valence-corrected chi connectivity index (χ2v) is 2.00. The predicted octanol–water partition coefficient (Wildman–Crippen LogP) is -0.413. The Balaban J connectivity index is 2.52. The van der Waals surface area contributed by atoms with Crippen molar-refractivity contribution in [1.29, 1.82) is 0 Å². The number of aliphatic hydroxyl groups excluding tert-OH is 1. The summed E-state index contributed by atoms with van der Waals surface area (Å²) in [7, 11) is 0. The quantitative estimate of drug-likeness (QED) is 0.513. The molecule has 0 bridgehead atoms. The van der Waals surface area contributed by atoms with Gasteiger partial charge in [-0.15, -0.1) is 0 Å². The molecule has 2 atom stereocenters. The van der Waals surface area contributed by atoms with E-state index in [1.165, 1.54) is 0 Å². The molecule has 1 heterocycles. The highest BCUT2D eigenvalue weighted by atomic mass is 19.2. The summed E-state index contributed by atoms with van der Waals surface area (Å²) >= 11 is 0. The van der Waals surface area contributed by atoms with Crippen molar-refractivity contribution >= 4 is 0 Å². The number of halogens is 1. The average molecular weight is 135 g/mol. The van der Waals surface area contributed by atoms with Crippen molar-refractivity contribution in [3.8, 4) is 0 Å². The number of aliphatic hydroxyl groups is 2. The van der Waals surface area contributed by atoms with Gasteiger partial charge in [0.25, 0.3) is 0 Å². The molecule has 0 spiro atoms. The molecule has 3 nitrogen and oxygen atoms in total. The SMILES string of the molecule is OC[C@H]1O[CH]C[C@@]1(O)F. The van der Waals surface area contributed by atoms with Crippen molar-refractivity contribution in [2.75, 3.05) is 6.61 Å².